The minimum absolute atomic E-state index is 0. The largest absolute Gasteiger partial charge is 0.365 e. The summed E-state index contributed by atoms with van der Waals surface area (Å²) in [6.07, 6.45) is 4.07. The van der Waals surface area contributed by atoms with Crippen molar-refractivity contribution in [2.45, 2.75) is 18.9 Å². The van der Waals surface area contributed by atoms with Crippen LogP contribution in [0.3, 0.4) is 0 Å². The summed E-state index contributed by atoms with van der Waals surface area (Å²) in [5.74, 6) is 1.34. The number of halogens is 2. The summed E-state index contributed by atoms with van der Waals surface area (Å²) in [7, 11) is 0. The Morgan fingerprint density at radius 1 is 1.25 bits per heavy atom. The van der Waals surface area contributed by atoms with Gasteiger partial charge < -0.3 is 16.4 Å². The van der Waals surface area contributed by atoms with Crippen LogP contribution in [0.25, 0.3) is 0 Å². The van der Waals surface area contributed by atoms with Gasteiger partial charge in [-0.05, 0) is 36.8 Å². The molecule has 20 heavy (non-hydrogen) atoms. The van der Waals surface area contributed by atoms with E-state index in [1.165, 1.54) is 12.8 Å². The van der Waals surface area contributed by atoms with E-state index in [4.69, 9.17) is 11.5 Å². The molecule has 3 rings (SSSR count). The molecule has 4 N–H and O–H groups in total. The lowest BCUT2D eigenvalue weighted by Gasteiger charge is -2.37. The quantitative estimate of drug-likeness (QED) is 0.858. The van der Waals surface area contributed by atoms with Gasteiger partial charge in [-0.15, -0.1) is 24.8 Å². The predicted molar refractivity (Wildman–Crippen MR) is 83.7 cm³/mol. The Morgan fingerprint density at radius 2 is 1.85 bits per heavy atom. The highest BCUT2D eigenvalue weighted by Gasteiger charge is 2.40. The summed E-state index contributed by atoms with van der Waals surface area (Å²) in [5.41, 5.74) is 12.1. The topological polar surface area (TPSA) is 85.2 Å². The van der Waals surface area contributed by atoms with E-state index in [2.05, 4.69) is 9.88 Å². The van der Waals surface area contributed by atoms with Crippen LogP contribution in [0.5, 0.6) is 0 Å². The maximum atomic E-state index is 11.4. The van der Waals surface area contributed by atoms with Crippen molar-refractivity contribution in [3.05, 3.63) is 23.9 Å². The van der Waals surface area contributed by atoms with Gasteiger partial charge in [0.25, 0.3) is 5.91 Å². The zero-order valence-electron chi connectivity index (χ0n) is 11.1. The number of carbonyl (C=O) groups is 1. The van der Waals surface area contributed by atoms with Crippen LogP contribution in [-0.4, -0.2) is 30.0 Å². The first-order chi connectivity index (χ1) is 8.66. The molecule has 2 fully saturated rings. The van der Waals surface area contributed by atoms with Gasteiger partial charge in [0.15, 0.2) is 0 Å². The summed E-state index contributed by atoms with van der Waals surface area (Å²) in [5, 5.41) is 0. The molecule has 7 heteroatoms. The Bertz CT molecular complexity index is 471. The zero-order chi connectivity index (χ0) is 12.7. The van der Waals surface area contributed by atoms with Gasteiger partial charge in [0.1, 0.15) is 5.82 Å². The van der Waals surface area contributed by atoms with E-state index in [1.54, 1.807) is 18.3 Å². The van der Waals surface area contributed by atoms with Crippen LogP contribution in [0.2, 0.25) is 0 Å². The Balaban J connectivity index is 0.000001000. The first-order valence-corrected chi connectivity index (χ1v) is 6.42. The molecule has 1 aromatic rings. The van der Waals surface area contributed by atoms with E-state index in [9.17, 15) is 4.79 Å². The van der Waals surface area contributed by atoms with E-state index in [-0.39, 0.29) is 24.8 Å². The van der Waals surface area contributed by atoms with E-state index < -0.39 is 5.91 Å². The number of pyridine rings is 1. The third-order valence-corrected chi connectivity index (χ3v) is 4.26. The molecule has 2 heterocycles. The first-order valence-electron chi connectivity index (χ1n) is 6.42. The molecule has 0 spiro atoms. The molecule has 1 saturated heterocycles. The van der Waals surface area contributed by atoms with E-state index in [0.29, 0.717) is 29.3 Å². The summed E-state index contributed by atoms with van der Waals surface area (Å²) in [4.78, 5) is 17.9. The molecular formula is C13H20Cl2N4O. The van der Waals surface area contributed by atoms with Crippen molar-refractivity contribution in [3.63, 3.8) is 0 Å². The predicted octanol–water partition coefficient (Wildman–Crippen LogP) is 1.20. The SMILES string of the molecule is Cl.Cl.NC(=O)c1cccnc1N1C[C@H]2CC[C@@H](C1)C2N. The Hall–Kier alpha value is -1.04. The second-order valence-corrected chi connectivity index (χ2v) is 5.32. The Labute approximate surface area is 130 Å². The van der Waals surface area contributed by atoms with Crippen molar-refractivity contribution < 1.29 is 4.79 Å². The number of amides is 1. The third kappa shape index (κ3) is 2.85. The van der Waals surface area contributed by atoms with Crippen LogP contribution in [0.15, 0.2) is 18.3 Å². The molecule has 1 aliphatic heterocycles. The molecule has 0 radical (unpaired) electrons. The summed E-state index contributed by atoms with van der Waals surface area (Å²) >= 11 is 0. The van der Waals surface area contributed by atoms with Gasteiger partial charge in [0.2, 0.25) is 0 Å². The van der Waals surface area contributed by atoms with Crippen LogP contribution in [0, 0.1) is 11.8 Å². The minimum atomic E-state index is -0.416. The van der Waals surface area contributed by atoms with Crippen molar-refractivity contribution >= 4 is 36.5 Å². The highest BCUT2D eigenvalue weighted by molar-refractivity contribution is 5.97. The smallest absolute Gasteiger partial charge is 0.252 e. The Morgan fingerprint density at radius 3 is 2.40 bits per heavy atom. The number of piperidine rings is 1. The number of nitrogens with two attached hydrogens (primary N) is 2. The van der Waals surface area contributed by atoms with Crippen LogP contribution in [0.4, 0.5) is 5.82 Å². The summed E-state index contributed by atoms with van der Waals surface area (Å²) < 4.78 is 0. The van der Waals surface area contributed by atoms with Gasteiger partial charge in [-0.25, -0.2) is 4.98 Å². The lowest BCUT2D eigenvalue weighted by Crippen LogP contribution is -2.49. The fraction of sp³-hybridized carbons (Fsp3) is 0.538. The molecule has 5 nitrogen and oxygen atoms in total. The molecule has 1 unspecified atom stereocenters. The van der Waals surface area contributed by atoms with Gasteiger partial charge in [-0.3, -0.25) is 4.79 Å². The minimum Gasteiger partial charge on any atom is -0.365 e. The van der Waals surface area contributed by atoms with Crippen molar-refractivity contribution in [1.82, 2.24) is 4.98 Å². The third-order valence-electron chi connectivity index (χ3n) is 4.26. The standard InChI is InChI=1S/C13H18N4O.2ClH/c14-11-8-3-4-9(11)7-17(6-8)13-10(12(15)18)2-1-5-16-13;;/h1-2,5,8-9,11H,3-4,6-7,14H2,(H2,15,18);2*1H/t8-,9+,11?;;. The van der Waals surface area contributed by atoms with Gasteiger partial charge in [-0.1, -0.05) is 0 Å². The average Bonchev–Trinajstić information content (AvgIpc) is 2.61. The molecule has 1 aliphatic carbocycles. The fourth-order valence-electron chi connectivity index (χ4n) is 3.28. The van der Waals surface area contributed by atoms with Crippen LogP contribution >= 0.6 is 24.8 Å². The van der Waals surface area contributed by atoms with Crippen molar-refractivity contribution in [2.24, 2.45) is 23.3 Å². The summed E-state index contributed by atoms with van der Waals surface area (Å²) in [6.45, 7) is 1.77. The normalized spacial score (nSPS) is 27.4. The maximum absolute atomic E-state index is 11.4. The fourth-order valence-corrected chi connectivity index (χ4v) is 3.28. The number of aromatic nitrogens is 1. The second kappa shape index (κ2) is 6.61. The lowest BCUT2D eigenvalue weighted by atomic mass is 9.93. The van der Waals surface area contributed by atoms with Crippen LogP contribution in [-0.2, 0) is 0 Å². The molecule has 2 bridgehead atoms. The number of anilines is 1. The number of carbonyl (C=O) groups excluding carboxylic acids is 1. The van der Waals surface area contributed by atoms with E-state index in [1.807, 2.05) is 0 Å². The molecule has 1 aromatic heterocycles. The molecule has 1 amide bonds. The summed E-state index contributed by atoms with van der Waals surface area (Å²) in [6, 6.07) is 3.79. The zero-order valence-corrected chi connectivity index (χ0v) is 12.7. The van der Waals surface area contributed by atoms with Crippen molar-refractivity contribution in [1.29, 1.82) is 0 Å². The highest BCUT2D eigenvalue weighted by atomic mass is 35.5. The van der Waals surface area contributed by atoms with Crippen molar-refractivity contribution in [3.8, 4) is 0 Å². The average molecular weight is 319 g/mol. The van der Waals surface area contributed by atoms with Gasteiger partial charge in [0, 0.05) is 25.3 Å². The second-order valence-electron chi connectivity index (χ2n) is 5.32. The number of primary amides is 1. The first kappa shape index (κ1) is 17.0. The monoisotopic (exact) mass is 318 g/mol. The molecule has 0 aromatic carbocycles. The van der Waals surface area contributed by atoms with E-state index in [0.717, 1.165) is 13.1 Å². The van der Waals surface area contributed by atoms with Crippen molar-refractivity contribution in [2.75, 3.05) is 18.0 Å². The highest BCUT2D eigenvalue weighted by Crippen LogP contribution is 2.37. The number of nitrogens with zero attached hydrogens (tertiary/aromatic N) is 2. The maximum Gasteiger partial charge on any atom is 0.252 e. The van der Waals surface area contributed by atoms with Gasteiger partial charge >= 0.3 is 0 Å². The molecule has 112 valence electrons. The molecule has 2 aliphatic rings. The number of hydrogen-bond donors (Lipinski definition) is 2. The van der Waals surface area contributed by atoms with Gasteiger partial charge in [0.05, 0.1) is 5.56 Å². The Kier molecular flexibility index (Phi) is 5.62. The number of hydrogen-bond acceptors (Lipinski definition) is 4. The molecular weight excluding hydrogens is 299 g/mol. The number of rotatable bonds is 2. The lowest BCUT2D eigenvalue weighted by molar-refractivity contribution is 0.1000. The van der Waals surface area contributed by atoms with Gasteiger partial charge in [-0.2, -0.15) is 0 Å². The van der Waals surface area contributed by atoms with Crippen LogP contribution < -0.4 is 16.4 Å². The molecule has 3 atom stereocenters. The van der Waals surface area contributed by atoms with E-state index >= 15 is 0 Å². The number of fused-ring (bicyclic) bond motifs is 2. The van der Waals surface area contributed by atoms with Crippen LogP contribution in [0.1, 0.15) is 23.2 Å². The molecule has 1 saturated carbocycles.